The number of pyridine rings is 2. The molecule has 5 nitrogen and oxygen atoms in total. The van der Waals surface area contributed by atoms with Crippen molar-refractivity contribution in [1.29, 1.82) is 0 Å². The Morgan fingerprint density at radius 3 is 2.70 bits per heavy atom. The standard InChI is InChI=1S/C17H14IN3O2/c1-10-2-4-11(5-3-10)7-21-17(23)15-16(22)13-6-12(18)8-19-14(13)9-20-15/h2-6,8-9,22H,7H2,1H3,(H,21,23). The maximum absolute atomic E-state index is 12.3. The fraction of sp³-hybridized carbons (Fsp3) is 0.118. The number of halogens is 1. The number of benzene rings is 1. The highest BCUT2D eigenvalue weighted by atomic mass is 127. The molecule has 116 valence electrons. The highest BCUT2D eigenvalue weighted by Gasteiger charge is 2.16. The van der Waals surface area contributed by atoms with Gasteiger partial charge in [0.05, 0.1) is 11.7 Å². The molecule has 3 rings (SSSR count). The van der Waals surface area contributed by atoms with Crippen LogP contribution in [0.5, 0.6) is 5.75 Å². The number of aromatic hydroxyl groups is 1. The predicted molar refractivity (Wildman–Crippen MR) is 96.3 cm³/mol. The summed E-state index contributed by atoms with van der Waals surface area (Å²) in [4.78, 5) is 20.5. The molecule has 1 amide bonds. The summed E-state index contributed by atoms with van der Waals surface area (Å²) >= 11 is 2.11. The van der Waals surface area contributed by atoms with Crippen molar-refractivity contribution in [3.05, 3.63) is 63.1 Å². The van der Waals surface area contributed by atoms with Gasteiger partial charge in [0.1, 0.15) is 0 Å². The van der Waals surface area contributed by atoms with Crippen LogP contribution in [0.25, 0.3) is 10.9 Å². The molecule has 23 heavy (non-hydrogen) atoms. The van der Waals surface area contributed by atoms with E-state index in [0.29, 0.717) is 17.4 Å². The minimum Gasteiger partial charge on any atom is -0.505 e. The van der Waals surface area contributed by atoms with Crippen LogP contribution in [0.2, 0.25) is 0 Å². The quantitative estimate of drug-likeness (QED) is 0.640. The number of hydrogen-bond donors (Lipinski definition) is 2. The van der Waals surface area contributed by atoms with Gasteiger partial charge >= 0.3 is 0 Å². The molecular weight excluding hydrogens is 405 g/mol. The van der Waals surface area contributed by atoms with E-state index in [1.54, 1.807) is 12.3 Å². The van der Waals surface area contributed by atoms with Gasteiger partial charge in [-0.05, 0) is 41.1 Å². The van der Waals surface area contributed by atoms with Crippen molar-refractivity contribution < 1.29 is 9.90 Å². The number of aryl methyl sites for hydroxylation is 1. The summed E-state index contributed by atoms with van der Waals surface area (Å²) in [6.45, 7) is 2.39. The lowest BCUT2D eigenvalue weighted by Gasteiger charge is -2.08. The summed E-state index contributed by atoms with van der Waals surface area (Å²) in [6, 6.07) is 9.66. The number of rotatable bonds is 3. The molecule has 3 aromatic rings. The van der Waals surface area contributed by atoms with Crippen LogP contribution in [0.1, 0.15) is 21.6 Å². The molecule has 0 fully saturated rings. The molecular formula is C17H14IN3O2. The van der Waals surface area contributed by atoms with Crippen molar-refractivity contribution in [2.45, 2.75) is 13.5 Å². The lowest BCUT2D eigenvalue weighted by atomic mass is 10.1. The summed E-state index contributed by atoms with van der Waals surface area (Å²) in [5, 5.41) is 13.6. The average Bonchev–Trinajstić information content (AvgIpc) is 2.55. The van der Waals surface area contributed by atoms with Crippen molar-refractivity contribution in [2.24, 2.45) is 0 Å². The third-order valence-electron chi connectivity index (χ3n) is 3.47. The zero-order valence-electron chi connectivity index (χ0n) is 12.4. The first-order chi connectivity index (χ1) is 11.0. The van der Waals surface area contributed by atoms with E-state index in [1.165, 1.54) is 6.20 Å². The number of aromatic nitrogens is 2. The minimum absolute atomic E-state index is 0.00779. The van der Waals surface area contributed by atoms with E-state index in [2.05, 4.69) is 37.9 Å². The molecule has 0 radical (unpaired) electrons. The highest BCUT2D eigenvalue weighted by molar-refractivity contribution is 14.1. The van der Waals surface area contributed by atoms with Crippen LogP contribution in [-0.2, 0) is 6.54 Å². The Labute approximate surface area is 146 Å². The number of nitrogens with one attached hydrogen (secondary N) is 1. The van der Waals surface area contributed by atoms with Gasteiger partial charge in [-0.3, -0.25) is 9.78 Å². The van der Waals surface area contributed by atoms with Crippen LogP contribution in [0.15, 0.2) is 42.7 Å². The van der Waals surface area contributed by atoms with Gasteiger partial charge in [-0.15, -0.1) is 0 Å². The largest absolute Gasteiger partial charge is 0.505 e. The Morgan fingerprint density at radius 1 is 1.22 bits per heavy atom. The molecule has 0 aliphatic heterocycles. The first kappa shape index (κ1) is 15.7. The van der Waals surface area contributed by atoms with E-state index in [9.17, 15) is 9.90 Å². The van der Waals surface area contributed by atoms with Crippen LogP contribution in [-0.4, -0.2) is 21.0 Å². The normalized spacial score (nSPS) is 10.7. The van der Waals surface area contributed by atoms with Crippen molar-refractivity contribution in [3.63, 3.8) is 0 Å². The van der Waals surface area contributed by atoms with E-state index >= 15 is 0 Å². The molecule has 2 heterocycles. The van der Waals surface area contributed by atoms with Crippen LogP contribution in [0.3, 0.4) is 0 Å². The van der Waals surface area contributed by atoms with Gasteiger partial charge in [-0.2, -0.15) is 0 Å². The lowest BCUT2D eigenvalue weighted by molar-refractivity contribution is 0.0943. The summed E-state index contributed by atoms with van der Waals surface area (Å²) in [5.74, 6) is -0.557. The maximum Gasteiger partial charge on any atom is 0.274 e. The Morgan fingerprint density at radius 2 is 1.96 bits per heavy atom. The topological polar surface area (TPSA) is 75.1 Å². The molecule has 1 aromatic carbocycles. The van der Waals surface area contributed by atoms with Crippen LogP contribution >= 0.6 is 22.6 Å². The summed E-state index contributed by atoms with van der Waals surface area (Å²) < 4.78 is 0.877. The summed E-state index contributed by atoms with van der Waals surface area (Å²) in [7, 11) is 0. The van der Waals surface area contributed by atoms with Gasteiger partial charge in [0.15, 0.2) is 11.4 Å². The second kappa shape index (κ2) is 6.49. The number of fused-ring (bicyclic) bond motifs is 1. The molecule has 0 bridgehead atoms. The average molecular weight is 419 g/mol. The fourth-order valence-corrected chi connectivity index (χ4v) is 2.65. The Bertz CT molecular complexity index is 879. The van der Waals surface area contributed by atoms with Crippen molar-refractivity contribution >= 4 is 39.4 Å². The van der Waals surface area contributed by atoms with Gasteiger partial charge in [-0.25, -0.2) is 4.98 Å². The van der Waals surface area contributed by atoms with Gasteiger partial charge < -0.3 is 10.4 Å². The highest BCUT2D eigenvalue weighted by Crippen LogP contribution is 2.26. The molecule has 0 aliphatic rings. The molecule has 0 aliphatic carbocycles. The van der Waals surface area contributed by atoms with E-state index in [4.69, 9.17) is 0 Å². The SMILES string of the molecule is Cc1ccc(CNC(=O)c2ncc3ncc(I)cc3c2O)cc1. The zero-order valence-corrected chi connectivity index (χ0v) is 14.5. The Kier molecular flexibility index (Phi) is 4.42. The van der Waals surface area contributed by atoms with E-state index < -0.39 is 5.91 Å². The summed E-state index contributed by atoms with van der Waals surface area (Å²) in [5.41, 5.74) is 2.71. The lowest BCUT2D eigenvalue weighted by Crippen LogP contribution is -2.24. The molecule has 0 unspecified atom stereocenters. The molecule has 2 N–H and O–H groups in total. The molecule has 0 atom stereocenters. The first-order valence-electron chi connectivity index (χ1n) is 7.01. The van der Waals surface area contributed by atoms with Crippen LogP contribution in [0, 0.1) is 10.5 Å². The van der Waals surface area contributed by atoms with Gasteiger partial charge in [0.25, 0.3) is 5.91 Å². The predicted octanol–water partition coefficient (Wildman–Crippen LogP) is 3.18. The molecule has 0 saturated carbocycles. The number of hydrogen-bond acceptors (Lipinski definition) is 4. The minimum atomic E-state index is -0.413. The van der Waals surface area contributed by atoms with Crippen LogP contribution < -0.4 is 5.32 Å². The molecule has 0 saturated heterocycles. The van der Waals surface area contributed by atoms with E-state index in [0.717, 1.165) is 14.7 Å². The Hall–Kier alpha value is -2.22. The molecule has 0 spiro atoms. The van der Waals surface area contributed by atoms with E-state index in [1.807, 2.05) is 31.2 Å². The maximum atomic E-state index is 12.3. The van der Waals surface area contributed by atoms with E-state index in [-0.39, 0.29) is 11.4 Å². The molecule has 2 aromatic heterocycles. The first-order valence-corrected chi connectivity index (χ1v) is 8.09. The smallest absolute Gasteiger partial charge is 0.274 e. The zero-order chi connectivity index (χ0) is 16.4. The van der Waals surface area contributed by atoms with Crippen molar-refractivity contribution in [1.82, 2.24) is 15.3 Å². The third-order valence-corrected chi connectivity index (χ3v) is 4.06. The van der Waals surface area contributed by atoms with Crippen molar-refractivity contribution in [2.75, 3.05) is 0 Å². The summed E-state index contributed by atoms with van der Waals surface area (Å²) in [6.07, 6.45) is 3.17. The van der Waals surface area contributed by atoms with Gasteiger partial charge in [0, 0.05) is 21.7 Å². The fourth-order valence-electron chi connectivity index (χ4n) is 2.19. The van der Waals surface area contributed by atoms with Gasteiger partial charge in [-0.1, -0.05) is 29.8 Å². The van der Waals surface area contributed by atoms with Crippen LogP contribution in [0.4, 0.5) is 0 Å². The van der Waals surface area contributed by atoms with Crippen molar-refractivity contribution in [3.8, 4) is 5.75 Å². The Balaban J connectivity index is 1.83. The van der Waals surface area contributed by atoms with Gasteiger partial charge in [0.2, 0.25) is 0 Å². The second-order valence-corrected chi connectivity index (χ2v) is 6.46. The number of nitrogens with zero attached hydrogens (tertiary/aromatic N) is 2. The monoisotopic (exact) mass is 419 g/mol. The number of amides is 1. The number of carbonyl (C=O) groups excluding carboxylic acids is 1. The number of carbonyl (C=O) groups is 1. The molecule has 6 heteroatoms. The third kappa shape index (κ3) is 3.42. The second-order valence-electron chi connectivity index (χ2n) is 5.21.